The highest BCUT2D eigenvalue weighted by atomic mass is 32.1. The van der Waals surface area contributed by atoms with Gasteiger partial charge in [-0.15, -0.1) is 11.3 Å². The molecule has 1 N–H and O–H groups in total. The Morgan fingerprint density at radius 1 is 1.29 bits per heavy atom. The number of anilines is 2. The predicted molar refractivity (Wildman–Crippen MR) is 106 cm³/mol. The molecule has 0 aliphatic rings. The monoisotopic (exact) mass is 398 g/mol. The highest BCUT2D eigenvalue weighted by molar-refractivity contribution is 7.14. The molecule has 3 aromatic rings. The van der Waals surface area contributed by atoms with Crippen LogP contribution in [-0.2, 0) is 4.79 Å². The first-order valence-electron chi connectivity index (χ1n) is 8.27. The number of thiazole rings is 1. The van der Waals surface area contributed by atoms with Gasteiger partial charge in [-0.05, 0) is 37.3 Å². The standard InChI is InChI=1S/C19H18N4O4S/c1-12-17(8-9-27-12)18(25)22-20-10-14-11-28-19(21-14)23(13(2)24)15-4-6-16(26-3)7-5-15/h4-11H,1-3H3,(H,22,25)/b20-10-. The molecule has 0 bridgehead atoms. The second-order valence-electron chi connectivity index (χ2n) is 5.70. The molecule has 0 radical (unpaired) electrons. The number of amides is 2. The lowest BCUT2D eigenvalue weighted by Crippen LogP contribution is -2.22. The fourth-order valence-corrected chi connectivity index (χ4v) is 3.27. The average Bonchev–Trinajstić information content (AvgIpc) is 3.31. The van der Waals surface area contributed by atoms with E-state index < -0.39 is 0 Å². The number of carbonyl (C=O) groups is 2. The Morgan fingerprint density at radius 2 is 2.04 bits per heavy atom. The molecule has 1 aromatic carbocycles. The summed E-state index contributed by atoms with van der Waals surface area (Å²) in [5.41, 5.74) is 4.03. The van der Waals surface area contributed by atoms with Crippen LogP contribution >= 0.6 is 11.3 Å². The lowest BCUT2D eigenvalue weighted by Gasteiger charge is -2.18. The summed E-state index contributed by atoms with van der Waals surface area (Å²) in [6.07, 6.45) is 2.86. The minimum Gasteiger partial charge on any atom is -0.497 e. The van der Waals surface area contributed by atoms with Crippen LogP contribution in [0.2, 0.25) is 0 Å². The molecule has 144 valence electrons. The molecule has 0 aliphatic carbocycles. The van der Waals surface area contributed by atoms with E-state index in [1.54, 1.807) is 49.7 Å². The van der Waals surface area contributed by atoms with Crippen LogP contribution < -0.4 is 15.1 Å². The Morgan fingerprint density at radius 3 is 2.64 bits per heavy atom. The van der Waals surface area contributed by atoms with Gasteiger partial charge >= 0.3 is 0 Å². The van der Waals surface area contributed by atoms with E-state index in [0.717, 1.165) is 0 Å². The summed E-state index contributed by atoms with van der Waals surface area (Å²) < 4.78 is 10.2. The van der Waals surface area contributed by atoms with E-state index in [0.29, 0.717) is 33.6 Å². The van der Waals surface area contributed by atoms with Gasteiger partial charge in [0.05, 0.1) is 36.5 Å². The Bertz CT molecular complexity index is 1010. The number of hydrogen-bond donors (Lipinski definition) is 1. The SMILES string of the molecule is COc1ccc(N(C(C)=O)c2nc(/C=N\NC(=O)c3ccoc3C)cs2)cc1. The first-order valence-corrected chi connectivity index (χ1v) is 9.15. The molecule has 0 spiro atoms. The zero-order chi connectivity index (χ0) is 20.1. The topological polar surface area (TPSA) is 97.0 Å². The third kappa shape index (κ3) is 4.26. The van der Waals surface area contributed by atoms with E-state index in [2.05, 4.69) is 15.5 Å². The number of benzene rings is 1. The molecule has 9 heteroatoms. The van der Waals surface area contributed by atoms with Crippen molar-refractivity contribution in [2.24, 2.45) is 5.10 Å². The van der Waals surface area contributed by atoms with Gasteiger partial charge in [0.25, 0.3) is 5.91 Å². The van der Waals surface area contributed by atoms with Crippen LogP contribution in [0.5, 0.6) is 5.75 Å². The minimum absolute atomic E-state index is 0.174. The molecule has 0 unspecified atom stereocenters. The van der Waals surface area contributed by atoms with E-state index in [-0.39, 0.29) is 11.8 Å². The van der Waals surface area contributed by atoms with Gasteiger partial charge in [-0.1, -0.05) is 0 Å². The van der Waals surface area contributed by atoms with Crippen molar-refractivity contribution in [1.29, 1.82) is 0 Å². The third-order valence-corrected chi connectivity index (χ3v) is 4.66. The molecule has 0 saturated carbocycles. The summed E-state index contributed by atoms with van der Waals surface area (Å²) in [6, 6.07) is 8.68. The predicted octanol–water partition coefficient (Wildman–Crippen LogP) is 3.50. The quantitative estimate of drug-likeness (QED) is 0.506. The third-order valence-electron chi connectivity index (χ3n) is 3.81. The molecule has 28 heavy (non-hydrogen) atoms. The highest BCUT2D eigenvalue weighted by Crippen LogP contribution is 2.29. The number of methoxy groups -OCH3 is 1. The smallest absolute Gasteiger partial charge is 0.274 e. The molecule has 2 aromatic heterocycles. The molecule has 0 saturated heterocycles. The first kappa shape index (κ1) is 19.3. The Kier molecular flexibility index (Phi) is 5.85. The molecule has 2 heterocycles. The molecule has 2 amide bonds. The lowest BCUT2D eigenvalue weighted by molar-refractivity contribution is -0.115. The fourth-order valence-electron chi connectivity index (χ4n) is 2.43. The number of hydrogen-bond acceptors (Lipinski definition) is 7. The minimum atomic E-state index is -0.374. The molecule has 0 aliphatic heterocycles. The van der Waals surface area contributed by atoms with Crippen molar-refractivity contribution in [2.75, 3.05) is 12.0 Å². The number of nitrogens with zero attached hydrogens (tertiary/aromatic N) is 3. The number of aromatic nitrogens is 1. The molecular formula is C19H18N4O4S. The van der Waals surface area contributed by atoms with Gasteiger partial charge in [-0.25, -0.2) is 10.4 Å². The Labute approximate surface area is 165 Å². The van der Waals surface area contributed by atoms with E-state index in [1.807, 2.05) is 0 Å². The van der Waals surface area contributed by atoms with Gasteiger partial charge in [-0.3, -0.25) is 14.5 Å². The van der Waals surface area contributed by atoms with Crippen molar-refractivity contribution in [3.05, 3.63) is 59.0 Å². The van der Waals surface area contributed by atoms with Gasteiger partial charge in [0.2, 0.25) is 5.91 Å². The molecule has 8 nitrogen and oxygen atoms in total. The first-order chi connectivity index (χ1) is 13.5. The van der Waals surface area contributed by atoms with E-state index in [4.69, 9.17) is 9.15 Å². The van der Waals surface area contributed by atoms with Crippen molar-refractivity contribution < 1.29 is 18.7 Å². The van der Waals surface area contributed by atoms with E-state index in [1.165, 1.54) is 35.6 Å². The maximum Gasteiger partial charge on any atom is 0.274 e. The molecule has 3 rings (SSSR count). The maximum absolute atomic E-state index is 12.1. The molecule has 0 fully saturated rings. The second kappa shape index (κ2) is 8.49. The van der Waals surface area contributed by atoms with E-state index in [9.17, 15) is 9.59 Å². The van der Waals surface area contributed by atoms with Crippen molar-refractivity contribution >= 4 is 40.2 Å². The van der Waals surface area contributed by atoms with Crippen LogP contribution in [0.3, 0.4) is 0 Å². The van der Waals surface area contributed by atoms with Gasteiger partial charge in [-0.2, -0.15) is 5.10 Å². The second-order valence-corrected chi connectivity index (χ2v) is 6.53. The number of nitrogens with one attached hydrogen (secondary N) is 1. The summed E-state index contributed by atoms with van der Waals surface area (Å²) in [5.74, 6) is 0.663. The van der Waals surface area contributed by atoms with Crippen molar-refractivity contribution in [3.63, 3.8) is 0 Å². The number of rotatable bonds is 6. The van der Waals surface area contributed by atoms with Crippen molar-refractivity contribution in [2.45, 2.75) is 13.8 Å². The number of furan rings is 1. The Balaban J connectivity index is 1.72. The van der Waals surface area contributed by atoms with Crippen LogP contribution in [0, 0.1) is 6.92 Å². The summed E-state index contributed by atoms with van der Waals surface area (Å²) >= 11 is 1.29. The zero-order valence-electron chi connectivity index (χ0n) is 15.5. The lowest BCUT2D eigenvalue weighted by atomic mass is 10.2. The van der Waals surface area contributed by atoms with E-state index >= 15 is 0 Å². The van der Waals surface area contributed by atoms with Crippen molar-refractivity contribution in [1.82, 2.24) is 10.4 Å². The van der Waals surface area contributed by atoms with Crippen molar-refractivity contribution in [3.8, 4) is 5.75 Å². The van der Waals surface area contributed by atoms with Gasteiger partial charge in [0.1, 0.15) is 11.5 Å². The van der Waals surface area contributed by atoms with Gasteiger partial charge in [0, 0.05) is 12.3 Å². The Hall–Kier alpha value is -3.46. The highest BCUT2D eigenvalue weighted by Gasteiger charge is 2.18. The van der Waals surface area contributed by atoms with Crippen LogP contribution in [0.15, 0.2) is 51.5 Å². The molecular weight excluding hydrogens is 380 g/mol. The summed E-state index contributed by atoms with van der Waals surface area (Å²) in [7, 11) is 1.58. The summed E-state index contributed by atoms with van der Waals surface area (Å²) in [5, 5.41) is 6.15. The number of aryl methyl sites for hydroxylation is 1. The van der Waals surface area contributed by atoms with Crippen LogP contribution in [-0.4, -0.2) is 30.1 Å². The largest absolute Gasteiger partial charge is 0.497 e. The normalized spacial score (nSPS) is 10.8. The maximum atomic E-state index is 12.1. The average molecular weight is 398 g/mol. The summed E-state index contributed by atoms with van der Waals surface area (Å²) in [6.45, 7) is 3.16. The summed E-state index contributed by atoms with van der Waals surface area (Å²) in [4.78, 5) is 30.0. The van der Waals surface area contributed by atoms with Gasteiger partial charge < -0.3 is 9.15 Å². The van der Waals surface area contributed by atoms with Crippen LogP contribution in [0.25, 0.3) is 0 Å². The fraction of sp³-hybridized carbons (Fsp3) is 0.158. The number of carbonyl (C=O) groups excluding carboxylic acids is 2. The van der Waals surface area contributed by atoms with Crippen LogP contribution in [0.4, 0.5) is 10.8 Å². The number of hydrazone groups is 1. The van der Waals surface area contributed by atoms with Gasteiger partial charge in [0.15, 0.2) is 5.13 Å². The zero-order valence-corrected chi connectivity index (χ0v) is 16.3. The van der Waals surface area contributed by atoms with Crippen LogP contribution in [0.1, 0.15) is 28.7 Å². The number of ether oxygens (including phenoxy) is 1. The molecule has 0 atom stereocenters.